The van der Waals surface area contributed by atoms with E-state index in [1.54, 1.807) is 10.9 Å². The summed E-state index contributed by atoms with van der Waals surface area (Å²) in [6.07, 6.45) is 1.69. The van der Waals surface area contributed by atoms with Gasteiger partial charge in [-0.1, -0.05) is 18.2 Å². The highest BCUT2D eigenvalue weighted by atomic mass is 15.3. The van der Waals surface area contributed by atoms with Crippen LogP contribution in [0.4, 0.5) is 11.5 Å². The van der Waals surface area contributed by atoms with E-state index in [2.05, 4.69) is 20.0 Å². The van der Waals surface area contributed by atoms with Gasteiger partial charge in [-0.2, -0.15) is 5.10 Å². The molecule has 0 spiro atoms. The summed E-state index contributed by atoms with van der Waals surface area (Å²) in [5.41, 5.74) is 7.83. The summed E-state index contributed by atoms with van der Waals surface area (Å²) < 4.78 is 1.71. The number of anilines is 2. The lowest BCUT2D eigenvalue weighted by Gasteiger charge is -2.18. The maximum atomic E-state index is 5.96. The first-order valence-corrected chi connectivity index (χ1v) is 6.35. The monoisotopic (exact) mass is 268 g/mol. The van der Waals surface area contributed by atoms with Crippen LogP contribution in [0.2, 0.25) is 0 Å². The number of para-hydroxylation sites is 1. The summed E-state index contributed by atoms with van der Waals surface area (Å²) in [6.45, 7) is 0.593. The number of nitrogens with zero attached hydrogens (tertiary/aromatic N) is 5. The Balaban J connectivity index is 1.93. The van der Waals surface area contributed by atoms with E-state index in [1.807, 2.05) is 44.4 Å². The van der Waals surface area contributed by atoms with Crippen LogP contribution >= 0.6 is 0 Å². The minimum Gasteiger partial charge on any atom is -0.383 e. The van der Waals surface area contributed by atoms with Crippen LogP contribution in [0.3, 0.4) is 0 Å². The molecule has 0 saturated heterocycles. The topological polar surface area (TPSA) is 72.9 Å². The number of rotatable bonds is 3. The van der Waals surface area contributed by atoms with E-state index in [9.17, 15) is 0 Å². The van der Waals surface area contributed by atoms with Crippen molar-refractivity contribution in [1.29, 1.82) is 0 Å². The second-order valence-electron chi connectivity index (χ2n) is 4.72. The Morgan fingerprint density at radius 3 is 2.70 bits per heavy atom. The Hall–Kier alpha value is -2.63. The molecule has 0 fully saturated rings. The van der Waals surface area contributed by atoms with Crippen LogP contribution in [0, 0.1) is 0 Å². The molecule has 20 heavy (non-hydrogen) atoms. The van der Waals surface area contributed by atoms with Gasteiger partial charge < -0.3 is 10.6 Å². The lowest BCUT2D eigenvalue weighted by atomic mass is 10.3. The average Bonchev–Trinajstić information content (AvgIpc) is 2.82. The van der Waals surface area contributed by atoms with Gasteiger partial charge in [-0.3, -0.25) is 4.68 Å². The van der Waals surface area contributed by atoms with Gasteiger partial charge in [0.1, 0.15) is 5.82 Å². The largest absolute Gasteiger partial charge is 0.383 e. The van der Waals surface area contributed by atoms with Crippen molar-refractivity contribution in [1.82, 2.24) is 19.7 Å². The van der Waals surface area contributed by atoms with Gasteiger partial charge in [0.25, 0.3) is 0 Å². The van der Waals surface area contributed by atoms with Crippen molar-refractivity contribution in [3.63, 3.8) is 0 Å². The Labute approximate surface area is 116 Å². The quantitative estimate of drug-likeness (QED) is 0.780. The minimum absolute atomic E-state index is 0.472. The van der Waals surface area contributed by atoms with Crippen LogP contribution < -0.4 is 10.6 Å². The molecular weight excluding hydrogens is 252 g/mol. The van der Waals surface area contributed by atoms with Gasteiger partial charge in [0, 0.05) is 19.8 Å². The molecule has 6 nitrogen and oxygen atoms in total. The van der Waals surface area contributed by atoms with E-state index in [4.69, 9.17) is 5.73 Å². The third-order valence-corrected chi connectivity index (χ3v) is 3.24. The molecule has 102 valence electrons. The molecule has 3 aromatic rings. The molecule has 0 aliphatic carbocycles. The van der Waals surface area contributed by atoms with E-state index < -0.39 is 0 Å². The maximum absolute atomic E-state index is 5.96. The molecule has 6 heteroatoms. The predicted octanol–water partition coefficient (Wildman–Crippen LogP) is 1.58. The van der Waals surface area contributed by atoms with Gasteiger partial charge in [-0.25, -0.2) is 9.97 Å². The highest BCUT2D eigenvalue weighted by Gasteiger charge is 2.11. The van der Waals surface area contributed by atoms with Crippen LogP contribution in [-0.2, 0) is 13.6 Å². The highest BCUT2D eigenvalue weighted by molar-refractivity contribution is 5.84. The Morgan fingerprint density at radius 1 is 1.20 bits per heavy atom. The second-order valence-corrected chi connectivity index (χ2v) is 4.72. The van der Waals surface area contributed by atoms with Gasteiger partial charge in [0.05, 0.1) is 18.1 Å². The van der Waals surface area contributed by atoms with Crippen molar-refractivity contribution in [2.45, 2.75) is 6.54 Å². The van der Waals surface area contributed by atoms with Crippen molar-refractivity contribution >= 4 is 22.5 Å². The van der Waals surface area contributed by atoms with Gasteiger partial charge in [-0.05, 0) is 12.1 Å². The van der Waals surface area contributed by atoms with Crippen molar-refractivity contribution in [2.75, 3.05) is 17.7 Å². The number of benzene rings is 1. The summed E-state index contributed by atoms with van der Waals surface area (Å²) >= 11 is 0. The molecule has 3 rings (SSSR count). The van der Waals surface area contributed by atoms with E-state index in [0.717, 1.165) is 16.7 Å². The number of aromatic nitrogens is 4. The zero-order chi connectivity index (χ0) is 14.1. The number of hydrogen-bond acceptors (Lipinski definition) is 5. The number of fused-ring (bicyclic) bond motifs is 1. The molecule has 0 unspecified atom stereocenters. The summed E-state index contributed by atoms with van der Waals surface area (Å²) in [5, 5.41) is 4.95. The molecule has 1 aromatic carbocycles. The summed E-state index contributed by atoms with van der Waals surface area (Å²) in [4.78, 5) is 11.0. The van der Waals surface area contributed by atoms with Gasteiger partial charge >= 0.3 is 0 Å². The third-order valence-electron chi connectivity index (χ3n) is 3.24. The fourth-order valence-corrected chi connectivity index (χ4v) is 2.15. The minimum atomic E-state index is 0.472. The summed E-state index contributed by atoms with van der Waals surface area (Å²) in [5.74, 6) is 1.16. The second kappa shape index (κ2) is 4.80. The lowest BCUT2D eigenvalue weighted by Crippen LogP contribution is -2.18. The van der Waals surface area contributed by atoms with Crippen LogP contribution in [0.25, 0.3) is 11.0 Å². The Kier molecular flexibility index (Phi) is 2.98. The van der Waals surface area contributed by atoms with Gasteiger partial charge in [-0.15, -0.1) is 0 Å². The smallest absolute Gasteiger partial charge is 0.163 e. The lowest BCUT2D eigenvalue weighted by molar-refractivity contribution is 0.773. The fourth-order valence-electron chi connectivity index (χ4n) is 2.15. The Morgan fingerprint density at radius 2 is 1.95 bits per heavy atom. The first kappa shape index (κ1) is 12.4. The van der Waals surface area contributed by atoms with Crippen LogP contribution in [0.15, 0.2) is 36.5 Å². The van der Waals surface area contributed by atoms with Crippen LogP contribution in [0.5, 0.6) is 0 Å². The van der Waals surface area contributed by atoms with Gasteiger partial charge in [0.2, 0.25) is 0 Å². The van der Waals surface area contributed by atoms with E-state index >= 15 is 0 Å². The van der Waals surface area contributed by atoms with E-state index in [0.29, 0.717) is 18.2 Å². The number of aryl methyl sites for hydroxylation is 1. The fraction of sp³-hybridized carbons (Fsp3) is 0.214. The summed E-state index contributed by atoms with van der Waals surface area (Å²) in [7, 11) is 3.85. The molecule has 0 saturated carbocycles. The standard InChI is InChI=1S/C14H16N6/c1-19(10-6-4-3-5-7-10)9-12-17-13(15)11-8-16-20(2)14(11)18-12/h3-8H,9H2,1-2H3,(H2,15,17,18). The predicted molar refractivity (Wildman–Crippen MR) is 79.3 cm³/mol. The van der Waals surface area contributed by atoms with Crippen molar-refractivity contribution < 1.29 is 0 Å². The first-order chi connectivity index (χ1) is 9.65. The molecule has 0 aliphatic rings. The first-order valence-electron chi connectivity index (χ1n) is 6.35. The highest BCUT2D eigenvalue weighted by Crippen LogP contribution is 2.18. The summed E-state index contributed by atoms with van der Waals surface area (Å²) in [6, 6.07) is 10.1. The molecule has 2 aromatic heterocycles. The third kappa shape index (κ3) is 2.16. The van der Waals surface area contributed by atoms with Crippen molar-refractivity contribution in [2.24, 2.45) is 7.05 Å². The zero-order valence-corrected chi connectivity index (χ0v) is 11.5. The van der Waals surface area contributed by atoms with Gasteiger partial charge in [0.15, 0.2) is 11.5 Å². The molecule has 2 N–H and O–H groups in total. The molecule has 0 bridgehead atoms. The average molecular weight is 268 g/mol. The molecule has 2 heterocycles. The molecular formula is C14H16N6. The number of nitrogens with two attached hydrogens (primary N) is 1. The SMILES string of the molecule is CN(Cc1nc(N)c2cnn(C)c2n1)c1ccccc1. The van der Waals surface area contributed by atoms with E-state index in [1.165, 1.54) is 0 Å². The maximum Gasteiger partial charge on any atom is 0.163 e. The van der Waals surface area contributed by atoms with Crippen LogP contribution in [-0.4, -0.2) is 26.8 Å². The molecule has 0 aliphatic heterocycles. The van der Waals surface area contributed by atoms with E-state index in [-0.39, 0.29) is 0 Å². The van der Waals surface area contributed by atoms with Crippen LogP contribution in [0.1, 0.15) is 5.82 Å². The molecule has 0 amide bonds. The normalized spacial score (nSPS) is 10.9. The number of hydrogen-bond donors (Lipinski definition) is 1. The molecule has 0 atom stereocenters. The zero-order valence-electron chi connectivity index (χ0n) is 11.5. The number of nitrogen functional groups attached to an aromatic ring is 1. The Bertz CT molecular complexity index is 734. The molecule has 0 radical (unpaired) electrons. The van der Waals surface area contributed by atoms with Crippen molar-refractivity contribution in [3.8, 4) is 0 Å². The van der Waals surface area contributed by atoms with Crippen molar-refractivity contribution in [3.05, 3.63) is 42.4 Å².